The van der Waals surface area contributed by atoms with Crippen molar-refractivity contribution in [1.29, 1.82) is 0 Å². The summed E-state index contributed by atoms with van der Waals surface area (Å²) in [7, 11) is -3.68. The molecule has 0 aliphatic carbocycles. The van der Waals surface area contributed by atoms with Crippen LogP contribution in [0.25, 0.3) is 0 Å². The third kappa shape index (κ3) is 3.07. The zero-order valence-electron chi connectivity index (χ0n) is 10.9. The summed E-state index contributed by atoms with van der Waals surface area (Å²) in [5.74, 6) is 0.515. The van der Waals surface area contributed by atoms with Crippen LogP contribution < -0.4 is 5.14 Å². The second kappa shape index (κ2) is 5.18. The molecule has 1 heterocycles. The molecule has 0 fully saturated rings. The molecule has 1 aromatic rings. The Kier molecular flexibility index (Phi) is 4.32. The SMILES string of the molecule is CCC(CC)Cn1nc(C)c(S(N)(=O)=O)c1C. The van der Waals surface area contributed by atoms with Crippen LogP contribution in [0.5, 0.6) is 0 Å². The first-order valence-electron chi connectivity index (χ1n) is 5.88. The molecule has 0 spiro atoms. The summed E-state index contributed by atoms with van der Waals surface area (Å²) in [4.78, 5) is 0.170. The summed E-state index contributed by atoms with van der Waals surface area (Å²) in [6.07, 6.45) is 2.11. The molecule has 0 amide bonds. The minimum atomic E-state index is -3.68. The van der Waals surface area contributed by atoms with Gasteiger partial charge in [-0.3, -0.25) is 4.68 Å². The van der Waals surface area contributed by atoms with Crippen LogP contribution in [-0.4, -0.2) is 18.2 Å². The first kappa shape index (κ1) is 14.2. The van der Waals surface area contributed by atoms with Crippen LogP contribution in [-0.2, 0) is 16.6 Å². The predicted octanol–water partition coefficient (Wildman–Crippen LogP) is 1.58. The van der Waals surface area contributed by atoms with Crippen molar-refractivity contribution in [3.63, 3.8) is 0 Å². The fourth-order valence-corrected chi connectivity index (χ4v) is 3.03. The zero-order valence-corrected chi connectivity index (χ0v) is 11.7. The van der Waals surface area contributed by atoms with Gasteiger partial charge in [0.15, 0.2) is 0 Å². The quantitative estimate of drug-likeness (QED) is 0.872. The number of primary sulfonamides is 1. The highest BCUT2D eigenvalue weighted by molar-refractivity contribution is 7.89. The molecule has 0 bridgehead atoms. The molecular formula is C11H21N3O2S. The molecular weight excluding hydrogens is 238 g/mol. The average molecular weight is 259 g/mol. The molecule has 0 saturated heterocycles. The van der Waals surface area contributed by atoms with Gasteiger partial charge in [0.1, 0.15) is 4.90 Å². The van der Waals surface area contributed by atoms with E-state index in [1.54, 1.807) is 18.5 Å². The number of hydrogen-bond acceptors (Lipinski definition) is 3. The van der Waals surface area contributed by atoms with Crippen LogP contribution in [0.2, 0.25) is 0 Å². The standard InChI is InChI=1S/C11H21N3O2S/c1-5-10(6-2)7-14-9(4)11(8(3)13-14)17(12,15)16/h10H,5-7H2,1-4H3,(H2,12,15,16). The maximum Gasteiger partial charge on any atom is 0.241 e. The van der Waals surface area contributed by atoms with Crippen molar-refractivity contribution in [2.45, 2.75) is 52.0 Å². The molecule has 1 aromatic heterocycles. The second-order valence-corrected chi connectivity index (χ2v) is 5.91. The summed E-state index contributed by atoms with van der Waals surface area (Å²) in [5, 5.41) is 9.46. The molecule has 17 heavy (non-hydrogen) atoms. The topological polar surface area (TPSA) is 78.0 Å². The summed E-state index contributed by atoms with van der Waals surface area (Å²) in [6, 6.07) is 0. The minimum Gasteiger partial charge on any atom is -0.268 e. The Morgan fingerprint density at radius 3 is 2.18 bits per heavy atom. The van der Waals surface area contributed by atoms with Gasteiger partial charge in [0.2, 0.25) is 10.0 Å². The molecule has 0 aliphatic heterocycles. The van der Waals surface area contributed by atoms with E-state index in [4.69, 9.17) is 5.14 Å². The Labute approximate surface area is 103 Å². The lowest BCUT2D eigenvalue weighted by Crippen LogP contribution is -2.15. The van der Waals surface area contributed by atoms with E-state index in [9.17, 15) is 8.42 Å². The van der Waals surface area contributed by atoms with E-state index in [-0.39, 0.29) is 4.90 Å². The van der Waals surface area contributed by atoms with Crippen molar-refractivity contribution in [2.75, 3.05) is 0 Å². The van der Waals surface area contributed by atoms with E-state index in [2.05, 4.69) is 18.9 Å². The number of nitrogens with two attached hydrogens (primary N) is 1. The maximum atomic E-state index is 11.4. The molecule has 0 aromatic carbocycles. The Bertz CT molecular complexity index is 487. The number of hydrogen-bond donors (Lipinski definition) is 1. The number of aromatic nitrogens is 2. The lowest BCUT2D eigenvalue weighted by Gasteiger charge is -2.13. The Morgan fingerprint density at radius 2 is 1.82 bits per heavy atom. The molecule has 0 atom stereocenters. The zero-order chi connectivity index (χ0) is 13.2. The van der Waals surface area contributed by atoms with Gasteiger partial charge in [-0.1, -0.05) is 26.7 Å². The van der Waals surface area contributed by atoms with E-state index >= 15 is 0 Å². The van der Waals surface area contributed by atoms with Gasteiger partial charge in [0.05, 0.1) is 11.4 Å². The van der Waals surface area contributed by atoms with Gasteiger partial charge in [-0.15, -0.1) is 0 Å². The fourth-order valence-electron chi connectivity index (χ4n) is 2.06. The molecule has 0 radical (unpaired) electrons. The molecule has 0 aliphatic rings. The number of aryl methyl sites for hydroxylation is 1. The third-order valence-corrected chi connectivity index (χ3v) is 4.35. The van der Waals surface area contributed by atoms with E-state index in [0.717, 1.165) is 19.4 Å². The van der Waals surface area contributed by atoms with E-state index in [0.29, 0.717) is 17.3 Å². The summed E-state index contributed by atoms with van der Waals surface area (Å²) >= 11 is 0. The van der Waals surface area contributed by atoms with Crippen LogP contribution in [0.1, 0.15) is 38.1 Å². The first-order valence-corrected chi connectivity index (χ1v) is 7.42. The number of sulfonamides is 1. The van der Waals surface area contributed by atoms with Crippen molar-refractivity contribution in [2.24, 2.45) is 11.1 Å². The lowest BCUT2D eigenvalue weighted by molar-refractivity contribution is 0.389. The van der Waals surface area contributed by atoms with Crippen molar-refractivity contribution < 1.29 is 8.42 Å². The fraction of sp³-hybridized carbons (Fsp3) is 0.727. The van der Waals surface area contributed by atoms with Crippen molar-refractivity contribution in [1.82, 2.24) is 9.78 Å². The molecule has 0 unspecified atom stereocenters. The van der Waals surface area contributed by atoms with Crippen LogP contribution in [0.4, 0.5) is 0 Å². The van der Waals surface area contributed by atoms with Crippen molar-refractivity contribution >= 4 is 10.0 Å². The van der Waals surface area contributed by atoms with Crippen molar-refractivity contribution in [3.05, 3.63) is 11.4 Å². The number of nitrogens with zero attached hydrogens (tertiary/aromatic N) is 2. The summed E-state index contributed by atoms with van der Waals surface area (Å²) in [5.41, 5.74) is 1.12. The number of rotatable bonds is 5. The van der Waals surface area contributed by atoms with Crippen LogP contribution in [0, 0.1) is 19.8 Å². The second-order valence-electron chi connectivity index (χ2n) is 4.41. The molecule has 2 N–H and O–H groups in total. The smallest absolute Gasteiger partial charge is 0.241 e. The van der Waals surface area contributed by atoms with E-state index in [1.807, 2.05) is 0 Å². The molecule has 98 valence electrons. The molecule has 5 nitrogen and oxygen atoms in total. The van der Waals surface area contributed by atoms with Gasteiger partial charge in [0.25, 0.3) is 0 Å². The highest BCUT2D eigenvalue weighted by Gasteiger charge is 2.21. The highest BCUT2D eigenvalue weighted by atomic mass is 32.2. The average Bonchev–Trinajstić information content (AvgIpc) is 2.49. The lowest BCUT2D eigenvalue weighted by atomic mass is 10.0. The van der Waals surface area contributed by atoms with Crippen LogP contribution in [0.3, 0.4) is 0 Å². The van der Waals surface area contributed by atoms with Crippen molar-refractivity contribution in [3.8, 4) is 0 Å². The van der Waals surface area contributed by atoms with E-state index in [1.165, 1.54) is 0 Å². The van der Waals surface area contributed by atoms with Gasteiger partial charge >= 0.3 is 0 Å². The van der Waals surface area contributed by atoms with Gasteiger partial charge < -0.3 is 0 Å². The normalized spacial score (nSPS) is 12.4. The Balaban J connectivity index is 3.13. The molecule has 1 rings (SSSR count). The molecule has 6 heteroatoms. The Hall–Kier alpha value is -0.880. The summed E-state index contributed by atoms with van der Waals surface area (Å²) in [6.45, 7) is 8.42. The summed E-state index contributed by atoms with van der Waals surface area (Å²) < 4.78 is 24.6. The first-order chi connectivity index (χ1) is 7.81. The third-order valence-electron chi connectivity index (χ3n) is 3.19. The highest BCUT2D eigenvalue weighted by Crippen LogP contribution is 2.20. The van der Waals surface area contributed by atoms with Gasteiger partial charge in [-0.25, -0.2) is 13.6 Å². The van der Waals surface area contributed by atoms with Gasteiger partial charge in [-0.2, -0.15) is 5.10 Å². The maximum absolute atomic E-state index is 11.4. The van der Waals surface area contributed by atoms with Crippen LogP contribution in [0.15, 0.2) is 4.90 Å². The minimum absolute atomic E-state index is 0.170. The van der Waals surface area contributed by atoms with Gasteiger partial charge in [0, 0.05) is 6.54 Å². The van der Waals surface area contributed by atoms with Crippen LogP contribution >= 0.6 is 0 Å². The van der Waals surface area contributed by atoms with E-state index < -0.39 is 10.0 Å². The predicted molar refractivity (Wildman–Crippen MR) is 67.1 cm³/mol. The monoisotopic (exact) mass is 259 g/mol. The molecule has 0 saturated carbocycles. The van der Waals surface area contributed by atoms with Gasteiger partial charge in [-0.05, 0) is 19.8 Å². The Morgan fingerprint density at radius 1 is 1.29 bits per heavy atom. The largest absolute Gasteiger partial charge is 0.268 e.